The highest BCUT2D eigenvalue weighted by Gasteiger charge is 2.33. The van der Waals surface area contributed by atoms with Gasteiger partial charge in [0, 0.05) is 4.47 Å². The first-order valence-electron chi connectivity index (χ1n) is 5.58. The van der Waals surface area contributed by atoms with Crippen molar-refractivity contribution in [1.29, 1.82) is 0 Å². The Morgan fingerprint density at radius 1 is 1.33 bits per heavy atom. The molecule has 1 aliphatic rings. The number of hydrogen-bond donors (Lipinski definition) is 1. The van der Waals surface area contributed by atoms with Gasteiger partial charge in [0.2, 0.25) is 0 Å². The van der Waals surface area contributed by atoms with Crippen molar-refractivity contribution in [2.45, 2.75) is 38.2 Å². The fourth-order valence-electron chi connectivity index (χ4n) is 2.55. The normalized spacial score (nSPS) is 31.5. The Morgan fingerprint density at radius 2 is 2.00 bits per heavy atom. The second kappa shape index (κ2) is 4.26. The molecule has 1 aromatic carbocycles. The third kappa shape index (κ3) is 2.43. The monoisotopic (exact) mass is 268 g/mol. The standard InChI is InChI=1S/C13H17BrO/c1-10-3-2-8-13(15,9-10)11-4-6-12(14)7-5-11/h4-7,10,15H,2-3,8-9H2,1H3/t10-,13+/m1/s1. The van der Waals surface area contributed by atoms with E-state index in [1.807, 2.05) is 24.3 Å². The lowest BCUT2D eigenvalue weighted by Gasteiger charge is -2.36. The van der Waals surface area contributed by atoms with Gasteiger partial charge in [-0.05, 0) is 42.9 Å². The zero-order valence-corrected chi connectivity index (χ0v) is 10.6. The van der Waals surface area contributed by atoms with Crippen LogP contribution in [0, 0.1) is 5.92 Å². The van der Waals surface area contributed by atoms with Crippen LogP contribution in [0.25, 0.3) is 0 Å². The summed E-state index contributed by atoms with van der Waals surface area (Å²) in [4.78, 5) is 0. The van der Waals surface area contributed by atoms with Crippen LogP contribution in [-0.4, -0.2) is 5.11 Å². The summed E-state index contributed by atoms with van der Waals surface area (Å²) < 4.78 is 1.07. The zero-order chi connectivity index (χ0) is 10.9. The van der Waals surface area contributed by atoms with Crippen LogP contribution >= 0.6 is 15.9 Å². The first-order valence-corrected chi connectivity index (χ1v) is 6.38. The van der Waals surface area contributed by atoms with Gasteiger partial charge < -0.3 is 5.11 Å². The van der Waals surface area contributed by atoms with Crippen molar-refractivity contribution in [1.82, 2.24) is 0 Å². The molecule has 1 nitrogen and oxygen atoms in total. The summed E-state index contributed by atoms with van der Waals surface area (Å²) in [7, 11) is 0. The van der Waals surface area contributed by atoms with Gasteiger partial charge in [-0.2, -0.15) is 0 Å². The maximum Gasteiger partial charge on any atom is 0.0899 e. The molecule has 0 bridgehead atoms. The maximum absolute atomic E-state index is 10.6. The number of aliphatic hydroxyl groups is 1. The highest BCUT2D eigenvalue weighted by Crippen LogP contribution is 2.39. The molecule has 2 rings (SSSR count). The average molecular weight is 269 g/mol. The Hall–Kier alpha value is -0.340. The Bertz CT molecular complexity index is 333. The fraction of sp³-hybridized carbons (Fsp3) is 0.538. The Kier molecular flexibility index (Phi) is 3.17. The summed E-state index contributed by atoms with van der Waals surface area (Å²) >= 11 is 3.42. The number of halogens is 1. The summed E-state index contributed by atoms with van der Waals surface area (Å²) in [6.07, 6.45) is 4.18. The number of rotatable bonds is 1. The second-order valence-electron chi connectivity index (χ2n) is 4.74. The van der Waals surface area contributed by atoms with Gasteiger partial charge in [0.05, 0.1) is 5.60 Å². The van der Waals surface area contributed by atoms with E-state index in [4.69, 9.17) is 0 Å². The summed E-state index contributed by atoms with van der Waals surface area (Å²) in [5.41, 5.74) is 0.482. The molecule has 0 aliphatic heterocycles. The molecule has 0 heterocycles. The Morgan fingerprint density at radius 3 is 2.60 bits per heavy atom. The van der Waals surface area contributed by atoms with Crippen molar-refractivity contribution >= 4 is 15.9 Å². The summed E-state index contributed by atoms with van der Waals surface area (Å²) in [5, 5.41) is 10.6. The minimum Gasteiger partial charge on any atom is -0.385 e. The first-order chi connectivity index (χ1) is 7.10. The minimum atomic E-state index is -0.585. The van der Waals surface area contributed by atoms with Gasteiger partial charge in [-0.1, -0.05) is 41.4 Å². The van der Waals surface area contributed by atoms with Crippen LogP contribution in [0.3, 0.4) is 0 Å². The maximum atomic E-state index is 10.6. The van der Waals surface area contributed by atoms with E-state index in [9.17, 15) is 5.11 Å². The smallest absolute Gasteiger partial charge is 0.0899 e. The van der Waals surface area contributed by atoms with Gasteiger partial charge in [-0.3, -0.25) is 0 Å². The van der Waals surface area contributed by atoms with Crippen LogP contribution < -0.4 is 0 Å². The van der Waals surface area contributed by atoms with E-state index in [1.54, 1.807) is 0 Å². The summed E-state index contributed by atoms with van der Waals surface area (Å²) in [5.74, 6) is 0.632. The lowest BCUT2D eigenvalue weighted by atomic mass is 9.75. The molecular weight excluding hydrogens is 252 g/mol. The fourth-order valence-corrected chi connectivity index (χ4v) is 2.81. The van der Waals surface area contributed by atoms with Crippen LogP contribution in [0.2, 0.25) is 0 Å². The Balaban J connectivity index is 2.24. The van der Waals surface area contributed by atoms with Crippen molar-refractivity contribution in [2.75, 3.05) is 0 Å². The van der Waals surface area contributed by atoms with Crippen LogP contribution in [-0.2, 0) is 5.60 Å². The molecule has 1 aromatic rings. The third-order valence-electron chi connectivity index (χ3n) is 3.35. The van der Waals surface area contributed by atoms with Gasteiger partial charge in [0.15, 0.2) is 0 Å². The molecule has 1 N–H and O–H groups in total. The molecule has 2 heteroatoms. The van der Waals surface area contributed by atoms with E-state index in [-0.39, 0.29) is 0 Å². The molecule has 0 unspecified atom stereocenters. The van der Waals surface area contributed by atoms with Gasteiger partial charge >= 0.3 is 0 Å². The van der Waals surface area contributed by atoms with Crippen LogP contribution in [0.4, 0.5) is 0 Å². The molecule has 0 spiro atoms. The van der Waals surface area contributed by atoms with Gasteiger partial charge in [-0.15, -0.1) is 0 Å². The van der Waals surface area contributed by atoms with Crippen LogP contribution in [0.5, 0.6) is 0 Å². The minimum absolute atomic E-state index is 0.585. The first kappa shape index (κ1) is 11.2. The van der Waals surface area contributed by atoms with Crippen molar-refractivity contribution in [2.24, 2.45) is 5.92 Å². The molecule has 0 aromatic heterocycles. The summed E-state index contributed by atoms with van der Waals surface area (Å²) in [6, 6.07) is 8.07. The highest BCUT2D eigenvalue weighted by molar-refractivity contribution is 9.10. The van der Waals surface area contributed by atoms with Gasteiger partial charge in [0.1, 0.15) is 0 Å². The molecule has 0 amide bonds. The SMILES string of the molecule is C[C@@H]1CCC[C@@](O)(c2ccc(Br)cc2)C1. The van der Waals surface area contributed by atoms with Gasteiger partial charge in [-0.25, -0.2) is 0 Å². The quantitative estimate of drug-likeness (QED) is 0.821. The molecule has 0 saturated heterocycles. The topological polar surface area (TPSA) is 20.2 Å². The van der Waals surface area contributed by atoms with Crippen molar-refractivity contribution < 1.29 is 5.11 Å². The van der Waals surface area contributed by atoms with Crippen LogP contribution in [0.1, 0.15) is 38.2 Å². The second-order valence-corrected chi connectivity index (χ2v) is 5.66. The molecule has 82 valence electrons. The van der Waals surface area contributed by atoms with Crippen molar-refractivity contribution in [3.8, 4) is 0 Å². The van der Waals surface area contributed by atoms with E-state index in [0.29, 0.717) is 5.92 Å². The van der Waals surface area contributed by atoms with Crippen molar-refractivity contribution in [3.63, 3.8) is 0 Å². The molecule has 1 fully saturated rings. The predicted octanol–water partition coefficient (Wildman–Crippen LogP) is 3.85. The van der Waals surface area contributed by atoms with E-state index >= 15 is 0 Å². The summed E-state index contributed by atoms with van der Waals surface area (Å²) in [6.45, 7) is 2.23. The highest BCUT2D eigenvalue weighted by atomic mass is 79.9. The van der Waals surface area contributed by atoms with Crippen molar-refractivity contribution in [3.05, 3.63) is 34.3 Å². The average Bonchev–Trinajstić information content (AvgIpc) is 2.18. The molecule has 2 atom stereocenters. The lowest BCUT2D eigenvalue weighted by Crippen LogP contribution is -2.31. The van der Waals surface area contributed by atoms with E-state index in [0.717, 1.165) is 29.3 Å². The zero-order valence-electron chi connectivity index (χ0n) is 9.04. The number of hydrogen-bond acceptors (Lipinski definition) is 1. The molecule has 15 heavy (non-hydrogen) atoms. The van der Waals surface area contributed by atoms with E-state index in [2.05, 4.69) is 22.9 Å². The molecule has 1 saturated carbocycles. The van der Waals surface area contributed by atoms with Crippen LogP contribution in [0.15, 0.2) is 28.7 Å². The predicted molar refractivity (Wildman–Crippen MR) is 65.7 cm³/mol. The largest absolute Gasteiger partial charge is 0.385 e. The molecule has 1 aliphatic carbocycles. The number of benzene rings is 1. The van der Waals surface area contributed by atoms with Gasteiger partial charge in [0.25, 0.3) is 0 Å². The van der Waals surface area contributed by atoms with E-state index in [1.165, 1.54) is 6.42 Å². The third-order valence-corrected chi connectivity index (χ3v) is 3.88. The molecule has 0 radical (unpaired) electrons. The lowest BCUT2D eigenvalue weighted by molar-refractivity contribution is -0.0178. The van der Waals surface area contributed by atoms with E-state index < -0.39 is 5.60 Å². The molecular formula is C13H17BrO. The Labute approximate surface area is 99.6 Å².